The van der Waals surface area contributed by atoms with Crippen LogP contribution in [0.5, 0.6) is 0 Å². The highest BCUT2D eigenvalue weighted by molar-refractivity contribution is 6.31. The van der Waals surface area contributed by atoms with Gasteiger partial charge >= 0.3 is 0 Å². The van der Waals surface area contributed by atoms with Crippen LogP contribution in [0.1, 0.15) is 44.1 Å². The van der Waals surface area contributed by atoms with Crippen LogP contribution in [0.2, 0.25) is 5.02 Å². The highest BCUT2D eigenvalue weighted by atomic mass is 35.5. The van der Waals surface area contributed by atoms with Gasteiger partial charge in [0.1, 0.15) is 6.07 Å². The Kier molecular flexibility index (Phi) is 4.07. The lowest BCUT2D eigenvalue weighted by molar-refractivity contribution is -0.0766. The van der Waals surface area contributed by atoms with Crippen LogP contribution in [0.15, 0.2) is 24.4 Å². The van der Waals surface area contributed by atoms with E-state index in [0.29, 0.717) is 16.6 Å². The molecule has 2 aromatic rings. The normalized spacial score (nSPS) is 22.6. The lowest BCUT2D eigenvalue weighted by Gasteiger charge is -2.39. The van der Waals surface area contributed by atoms with Gasteiger partial charge in [0.25, 0.3) is 0 Å². The fourth-order valence-electron chi connectivity index (χ4n) is 4.13. The summed E-state index contributed by atoms with van der Waals surface area (Å²) in [6, 6.07) is 8.18. The molecule has 1 saturated carbocycles. The summed E-state index contributed by atoms with van der Waals surface area (Å²) in [7, 11) is 0. The number of halogens is 1. The van der Waals surface area contributed by atoms with Crippen LogP contribution in [-0.4, -0.2) is 23.2 Å². The second-order valence-electron chi connectivity index (χ2n) is 6.89. The van der Waals surface area contributed by atoms with Gasteiger partial charge in [-0.15, -0.1) is 0 Å². The number of aromatic nitrogens is 1. The van der Waals surface area contributed by atoms with E-state index < -0.39 is 0 Å². The molecular formula is C19H20ClN3O. The SMILES string of the molecule is N#Cc1cnc2ccc(Cl)cc2c1NC1CCOC2(CCCC2)C1. The van der Waals surface area contributed by atoms with E-state index in [2.05, 4.69) is 16.4 Å². The molecule has 0 bridgehead atoms. The first-order chi connectivity index (χ1) is 11.7. The number of anilines is 1. The predicted octanol–water partition coefficient (Wildman–Crippen LogP) is 4.66. The van der Waals surface area contributed by atoms with Crippen molar-refractivity contribution in [2.75, 3.05) is 11.9 Å². The molecule has 1 aromatic heterocycles. The molecule has 2 heterocycles. The van der Waals surface area contributed by atoms with Crippen LogP contribution in [0, 0.1) is 11.3 Å². The van der Waals surface area contributed by atoms with Crippen LogP contribution in [-0.2, 0) is 4.74 Å². The van der Waals surface area contributed by atoms with Gasteiger partial charge < -0.3 is 10.1 Å². The Bertz CT molecular complexity index is 808. The van der Waals surface area contributed by atoms with Crippen molar-refractivity contribution >= 4 is 28.2 Å². The number of pyridine rings is 1. The second kappa shape index (κ2) is 6.23. The standard InChI is InChI=1S/C19H20ClN3O/c20-14-3-4-17-16(9-14)18(13(11-21)12-22-17)23-15-5-8-24-19(10-15)6-1-2-7-19/h3-4,9,12,15H,1-2,5-8,10H2,(H,22,23). The molecule has 5 heteroatoms. The van der Waals surface area contributed by atoms with Gasteiger partial charge in [-0.3, -0.25) is 4.98 Å². The van der Waals surface area contributed by atoms with E-state index in [0.717, 1.165) is 48.9 Å². The summed E-state index contributed by atoms with van der Waals surface area (Å²) in [5.74, 6) is 0. The van der Waals surface area contributed by atoms with E-state index in [-0.39, 0.29) is 5.60 Å². The monoisotopic (exact) mass is 341 g/mol. The van der Waals surface area contributed by atoms with Gasteiger partial charge in [0, 0.05) is 29.3 Å². The number of nitrogens with one attached hydrogen (secondary N) is 1. The fraction of sp³-hybridized carbons (Fsp3) is 0.474. The molecule has 24 heavy (non-hydrogen) atoms. The van der Waals surface area contributed by atoms with E-state index in [1.807, 2.05) is 18.2 Å². The average molecular weight is 342 g/mol. The Morgan fingerprint density at radius 3 is 2.96 bits per heavy atom. The number of nitriles is 1. The van der Waals surface area contributed by atoms with Crippen LogP contribution < -0.4 is 5.32 Å². The second-order valence-corrected chi connectivity index (χ2v) is 7.33. The number of hydrogen-bond donors (Lipinski definition) is 1. The molecule has 1 saturated heterocycles. The van der Waals surface area contributed by atoms with E-state index >= 15 is 0 Å². The quantitative estimate of drug-likeness (QED) is 0.862. The zero-order valence-corrected chi connectivity index (χ0v) is 14.3. The Morgan fingerprint density at radius 2 is 2.17 bits per heavy atom. The number of fused-ring (bicyclic) bond motifs is 1. The number of ether oxygens (including phenoxy) is 1. The van der Waals surface area contributed by atoms with Crippen molar-refractivity contribution in [2.24, 2.45) is 0 Å². The summed E-state index contributed by atoms with van der Waals surface area (Å²) in [5, 5.41) is 14.7. The summed E-state index contributed by atoms with van der Waals surface area (Å²) >= 11 is 6.17. The lowest BCUT2D eigenvalue weighted by Crippen LogP contribution is -2.42. The number of rotatable bonds is 2. The first-order valence-corrected chi connectivity index (χ1v) is 8.96. The van der Waals surface area contributed by atoms with Gasteiger partial charge in [-0.2, -0.15) is 5.26 Å². The van der Waals surface area contributed by atoms with Crippen LogP contribution in [0.4, 0.5) is 5.69 Å². The van der Waals surface area contributed by atoms with Gasteiger partial charge in [0.05, 0.1) is 22.4 Å². The summed E-state index contributed by atoms with van der Waals surface area (Å²) in [5.41, 5.74) is 2.31. The molecule has 1 aliphatic carbocycles. The molecule has 1 aromatic carbocycles. The molecule has 4 nitrogen and oxygen atoms in total. The summed E-state index contributed by atoms with van der Waals surface area (Å²) in [4.78, 5) is 4.37. The van der Waals surface area contributed by atoms with Gasteiger partial charge in [0.15, 0.2) is 0 Å². The third-order valence-corrected chi connectivity index (χ3v) is 5.54. The number of benzene rings is 1. The Morgan fingerprint density at radius 1 is 1.33 bits per heavy atom. The topological polar surface area (TPSA) is 57.9 Å². The first-order valence-electron chi connectivity index (χ1n) is 8.58. The minimum Gasteiger partial charge on any atom is -0.380 e. The average Bonchev–Trinajstić information content (AvgIpc) is 3.03. The minimum atomic E-state index is 0.0448. The van der Waals surface area contributed by atoms with Gasteiger partial charge in [0.2, 0.25) is 0 Å². The first kappa shape index (κ1) is 15.7. The molecule has 1 N–H and O–H groups in total. The zero-order valence-electron chi connectivity index (χ0n) is 13.5. The molecule has 2 fully saturated rings. The molecule has 2 aliphatic rings. The molecule has 0 radical (unpaired) electrons. The molecule has 1 spiro atoms. The molecule has 124 valence electrons. The van der Waals surface area contributed by atoms with Crippen molar-refractivity contribution in [2.45, 2.75) is 50.2 Å². The van der Waals surface area contributed by atoms with Gasteiger partial charge in [-0.05, 0) is 43.9 Å². The summed E-state index contributed by atoms with van der Waals surface area (Å²) < 4.78 is 6.12. The minimum absolute atomic E-state index is 0.0448. The highest BCUT2D eigenvalue weighted by Gasteiger charge is 2.40. The third-order valence-electron chi connectivity index (χ3n) is 5.31. The van der Waals surface area contributed by atoms with Gasteiger partial charge in [-0.25, -0.2) is 0 Å². The molecule has 1 aliphatic heterocycles. The molecule has 1 atom stereocenters. The van der Waals surface area contributed by atoms with Crippen molar-refractivity contribution in [3.63, 3.8) is 0 Å². The van der Waals surface area contributed by atoms with Crippen LogP contribution >= 0.6 is 11.6 Å². The Hall–Kier alpha value is -1.83. The van der Waals surface area contributed by atoms with Crippen molar-refractivity contribution in [3.8, 4) is 6.07 Å². The lowest BCUT2D eigenvalue weighted by atomic mass is 9.88. The molecule has 1 unspecified atom stereocenters. The summed E-state index contributed by atoms with van der Waals surface area (Å²) in [6.45, 7) is 0.781. The van der Waals surface area contributed by atoms with E-state index in [1.54, 1.807) is 6.20 Å². The third kappa shape index (κ3) is 2.83. The maximum atomic E-state index is 9.49. The number of nitrogens with zero attached hydrogens (tertiary/aromatic N) is 2. The number of hydrogen-bond acceptors (Lipinski definition) is 4. The molecule has 4 rings (SSSR count). The Balaban J connectivity index is 1.68. The summed E-state index contributed by atoms with van der Waals surface area (Å²) in [6.07, 6.45) is 8.41. The maximum absolute atomic E-state index is 9.49. The highest BCUT2D eigenvalue weighted by Crippen LogP contribution is 2.41. The zero-order chi connectivity index (χ0) is 16.6. The fourth-order valence-corrected chi connectivity index (χ4v) is 4.30. The van der Waals surface area contributed by atoms with Crippen molar-refractivity contribution in [3.05, 3.63) is 35.0 Å². The Labute approximate surface area is 146 Å². The molecular weight excluding hydrogens is 322 g/mol. The molecule has 0 amide bonds. The van der Waals surface area contributed by atoms with Crippen molar-refractivity contribution in [1.29, 1.82) is 5.26 Å². The van der Waals surface area contributed by atoms with Crippen molar-refractivity contribution < 1.29 is 4.74 Å². The smallest absolute Gasteiger partial charge is 0.103 e. The largest absolute Gasteiger partial charge is 0.380 e. The van der Waals surface area contributed by atoms with Crippen LogP contribution in [0.25, 0.3) is 10.9 Å². The van der Waals surface area contributed by atoms with E-state index in [1.165, 1.54) is 12.8 Å². The van der Waals surface area contributed by atoms with Gasteiger partial charge in [-0.1, -0.05) is 24.4 Å². The van der Waals surface area contributed by atoms with E-state index in [4.69, 9.17) is 16.3 Å². The van der Waals surface area contributed by atoms with Crippen LogP contribution in [0.3, 0.4) is 0 Å². The van der Waals surface area contributed by atoms with E-state index in [9.17, 15) is 5.26 Å². The maximum Gasteiger partial charge on any atom is 0.103 e. The van der Waals surface area contributed by atoms with Crippen molar-refractivity contribution in [1.82, 2.24) is 4.98 Å². The predicted molar refractivity (Wildman–Crippen MR) is 95.3 cm³/mol.